The van der Waals surface area contributed by atoms with Crippen molar-refractivity contribution >= 4 is 15.2 Å². The smallest absolute Gasteiger partial charge is 0.326 e. The average Bonchev–Trinajstić information content (AvgIpc) is 2.25. The van der Waals surface area contributed by atoms with Crippen molar-refractivity contribution in [3.63, 3.8) is 0 Å². The van der Waals surface area contributed by atoms with Gasteiger partial charge < -0.3 is 31.0 Å². The van der Waals surface area contributed by atoms with Crippen molar-refractivity contribution < 1.29 is 28.7 Å². The first kappa shape index (κ1) is 18.3. The fourth-order valence-corrected chi connectivity index (χ4v) is 4.96. The van der Waals surface area contributed by atoms with E-state index in [9.17, 15) is 18.9 Å². The van der Waals surface area contributed by atoms with Crippen LogP contribution in [0.15, 0.2) is 0 Å². The molecule has 1 aliphatic carbocycles. The summed E-state index contributed by atoms with van der Waals surface area (Å²) < 4.78 is 22.5. The lowest BCUT2D eigenvalue weighted by atomic mass is 9.75. The van der Waals surface area contributed by atoms with E-state index in [2.05, 4.69) is 0 Å². The van der Waals surface area contributed by atoms with E-state index in [1.807, 2.05) is 0 Å². The number of hydrogen-bond acceptors (Lipinski definition) is 4. The minimum absolute atomic E-state index is 0.00568. The van der Waals surface area contributed by atoms with Gasteiger partial charge >= 0.3 is 15.2 Å². The maximum Gasteiger partial charge on any atom is 0.330 e. The molecule has 0 aliphatic heterocycles. The summed E-state index contributed by atoms with van der Waals surface area (Å²) in [5, 5.41) is 0. The van der Waals surface area contributed by atoms with Gasteiger partial charge in [-0.05, 0) is 25.7 Å². The highest BCUT2D eigenvalue weighted by molar-refractivity contribution is 7.52. The first-order chi connectivity index (χ1) is 8.97. The predicted molar refractivity (Wildman–Crippen MR) is 75.3 cm³/mol. The van der Waals surface area contributed by atoms with Crippen LogP contribution < -0.4 is 11.5 Å². The Labute approximate surface area is 118 Å². The van der Waals surface area contributed by atoms with Crippen LogP contribution in [-0.4, -0.2) is 43.0 Å². The lowest BCUT2D eigenvalue weighted by molar-refractivity contribution is 0.212. The van der Waals surface area contributed by atoms with Gasteiger partial charge in [-0.3, -0.25) is 9.13 Å². The molecule has 0 saturated heterocycles. The highest BCUT2D eigenvalue weighted by Gasteiger charge is 2.49. The van der Waals surface area contributed by atoms with Crippen LogP contribution in [0.25, 0.3) is 0 Å². The van der Waals surface area contributed by atoms with E-state index < -0.39 is 38.6 Å². The number of nitrogens with two attached hydrogens (primary N) is 2. The summed E-state index contributed by atoms with van der Waals surface area (Å²) in [6.45, 7) is 0. The molecule has 8 N–H and O–H groups in total. The molecule has 1 saturated carbocycles. The van der Waals surface area contributed by atoms with Gasteiger partial charge in [-0.1, -0.05) is 12.8 Å². The molecule has 120 valence electrons. The van der Waals surface area contributed by atoms with Crippen molar-refractivity contribution in [2.75, 3.05) is 6.16 Å². The standard InChI is InChI=1S/C10H24N2O6P2/c11-8-4-1-2-6-10(8,12)9(20(16,17)18)5-3-7-19(13,14)15/h8-9H,1-7,11-12H2,(H2,13,14,15)(H2,16,17,18)/t8-,9?,10+/m0/s1. The fraction of sp³-hybridized carbons (Fsp3) is 1.00. The van der Waals surface area contributed by atoms with Gasteiger partial charge in [-0.25, -0.2) is 0 Å². The van der Waals surface area contributed by atoms with Gasteiger partial charge in [0.25, 0.3) is 0 Å². The molecular weight excluding hydrogens is 306 g/mol. The van der Waals surface area contributed by atoms with Crippen LogP contribution in [0.2, 0.25) is 0 Å². The molecule has 1 unspecified atom stereocenters. The van der Waals surface area contributed by atoms with Crippen molar-refractivity contribution in [1.82, 2.24) is 0 Å². The minimum Gasteiger partial charge on any atom is -0.326 e. The predicted octanol–water partition coefficient (Wildman–Crippen LogP) is 0.0894. The van der Waals surface area contributed by atoms with Crippen LogP contribution in [0, 0.1) is 0 Å². The van der Waals surface area contributed by atoms with Gasteiger partial charge in [-0.15, -0.1) is 0 Å². The summed E-state index contributed by atoms with van der Waals surface area (Å²) in [5.41, 5.74) is 9.79. The van der Waals surface area contributed by atoms with E-state index in [4.69, 9.17) is 21.3 Å². The maximum atomic E-state index is 11.7. The van der Waals surface area contributed by atoms with E-state index in [1.165, 1.54) is 0 Å². The molecule has 20 heavy (non-hydrogen) atoms. The average molecular weight is 330 g/mol. The maximum absolute atomic E-state index is 11.7. The van der Waals surface area contributed by atoms with Gasteiger partial charge in [0.05, 0.1) is 5.66 Å². The van der Waals surface area contributed by atoms with E-state index in [1.54, 1.807) is 0 Å². The first-order valence-corrected chi connectivity index (χ1v) is 10.1. The summed E-state index contributed by atoms with van der Waals surface area (Å²) >= 11 is 0. The molecule has 0 amide bonds. The Balaban J connectivity index is 2.84. The Morgan fingerprint density at radius 1 is 1.20 bits per heavy atom. The van der Waals surface area contributed by atoms with Gasteiger partial charge in [0, 0.05) is 17.7 Å². The summed E-state index contributed by atoms with van der Waals surface area (Å²) in [4.78, 5) is 36.7. The van der Waals surface area contributed by atoms with Gasteiger partial charge in [0.15, 0.2) is 0 Å². The summed E-state index contributed by atoms with van der Waals surface area (Å²) in [6, 6.07) is -0.510. The normalized spacial score (nSPS) is 30.2. The quantitative estimate of drug-likeness (QED) is 0.372. The zero-order valence-corrected chi connectivity index (χ0v) is 13.0. The van der Waals surface area contributed by atoms with Crippen LogP contribution in [0.1, 0.15) is 38.5 Å². The zero-order valence-electron chi connectivity index (χ0n) is 11.3. The van der Waals surface area contributed by atoms with Crippen LogP contribution >= 0.6 is 15.2 Å². The highest BCUT2D eigenvalue weighted by Crippen LogP contribution is 2.52. The molecule has 1 aliphatic rings. The van der Waals surface area contributed by atoms with Gasteiger partial charge in [0.2, 0.25) is 0 Å². The largest absolute Gasteiger partial charge is 0.330 e. The van der Waals surface area contributed by atoms with Crippen LogP contribution in [0.3, 0.4) is 0 Å². The molecule has 0 aromatic carbocycles. The third kappa shape index (κ3) is 4.90. The third-order valence-electron chi connectivity index (χ3n) is 4.02. The Morgan fingerprint density at radius 3 is 2.25 bits per heavy atom. The fourth-order valence-electron chi connectivity index (χ4n) is 2.90. The van der Waals surface area contributed by atoms with Gasteiger partial charge in [0.1, 0.15) is 0 Å². The topological polar surface area (TPSA) is 167 Å². The van der Waals surface area contributed by atoms with Crippen molar-refractivity contribution in [1.29, 1.82) is 0 Å². The molecule has 0 radical (unpaired) electrons. The van der Waals surface area contributed by atoms with E-state index in [-0.39, 0.29) is 12.8 Å². The van der Waals surface area contributed by atoms with Crippen LogP contribution in [0.4, 0.5) is 0 Å². The zero-order chi connectivity index (χ0) is 15.6. The van der Waals surface area contributed by atoms with Crippen molar-refractivity contribution in [3.8, 4) is 0 Å². The Morgan fingerprint density at radius 2 is 1.80 bits per heavy atom. The first-order valence-electron chi connectivity index (χ1n) is 6.61. The van der Waals surface area contributed by atoms with E-state index in [0.29, 0.717) is 12.8 Å². The molecule has 0 bridgehead atoms. The van der Waals surface area contributed by atoms with E-state index in [0.717, 1.165) is 12.8 Å². The SMILES string of the molecule is N[C@H]1CCCC[C@]1(N)C(CCCP(=O)(O)O)P(=O)(O)O. The number of hydrogen-bond donors (Lipinski definition) is 6. The monoisotopic (exact) mass is 330 g/mol. The minimum atomic E-state index is -4.49. The Kier molecular flexibility index (Phi) is 5.98. The molecule has 0 aromatic rings. The van der Waals surface area contributed by atoms with Crippen molar-refractivity contribution in [2.24, 2.45) is 11.5 Å². The molecule has 0 aromatic heterocycles. The Bertz CT molecular complexity index is 422. The second-order valence-electron chi connectivity index (χ2n) is 5.60. The van der Waals surface area contributed by atoms with Crippen molar-refractivity contribution in [2.45, 2.75) is 55.8 Å². The van der Waals surface area contributed by atoms with E-state index >= 15 is 0 Å². The molecule has 8 nitrogen and oxygen atoms in total. The van der Waals surface area contributed by atoms with Crippen LogP contribution in [-0.2, 0) is 9.13 Å². The molecule has 0 spiro atoms. The molecule has 3 atom stereocenters. The lowest BCUT2D eigenvalue weighted by Gasteiger charge is -2.45. The third-order valence-corrected chi connectivity index (χ3v) is 6.47. The molecule has 10 heteroatoms. The van der Waals surface area contributed by atoms with Crippen LogP contribution in [0.5, 0.6) is 0 Å². The second-order valence-corrected chi connectivity index (χ2v) is 9.18. The highest BCUT2D eigenvalue weighted by atomic mass is 31.2. The molecule has 1 rings (SSSR count). The second kappa shape index (κ2) is 6.55. The Hall–Kier alpha value is 0.220. The lowest BCUT2D eigenvalue weighted by Crippen LogP contribution is -2.63. The summed E-state index contributed by atoms with van der Waals surface area (Å²) in [6.07, 6.45) is 2.20. The summed E-state index contributed by atoms with van der Waals surface area (Å²) in [5.74, 6) is 0. The molecule has 1 fully saturated rings. The molecular formula is C10H24N2O6P2. The molecule has 0 heterocycles. The summed E-state index contributed by atoms with van der Waals surface area (Å²) in [7, 11) is -8.66. The van der Waals surface area contributed by atoms with Gasteiger partial charge in [-0.2, -0.15) is 0 Å². The van der Waals surface area contributed by atoms with Crippen molar-refractivity contribution in [3.05, 3.63) is 0 Å². The number of rotatable bonds is 6.